The zero-order valence-electron chi connectivity index (χ0n) is 28.3. The Balaban J connectivity index is 1.59. The van der Waals surface area contributed by atoms with Gasteiger partial charge in [-0.3, -0.25) is 14.4 Å². The average Bonchev–Trinajstić information content (AvgIpc) is 3.08. The molecule has 4 aromatic rings. The van der Waals surface area contributed by atoms with Crippen molar-refractivity contribution >= 4 is 29.0 Å². The smallest absolute Gasteiger partial charge is 0.235 e. The number of amides is 2. The maximum absolute atomic E-state index is 14.3. The van der Waals surface area contributed by atoms with E-state index >= 15 is 0 Å². The summed E-state index contributed by atoms with van der Waals surface area (Å²) in [5, 5.41) is 17.5. The normalized spacial score (nSPS) is 20.2. The van der Waals surface area contributed by atoms with Crippen molar-refractivity contribution in [1.82, 2.24) is 0 Å². The number of aryl methyl sites for hydroxylation is 1. The van der Waals surface area contributed by atoms with Crippen LogP contribution in [0.3, 0.4) is 0 Å². The van der Waals surface area contributed by atoms with E-state index in [1.165, 1.54) is 21.1 Å². The molecule has 0 spiro atoms. The Kier molecular flexibility index (Phi) is 10.9. The van der Waals surface area contributed by atoms with Crippen molar-refractivity contribution in [3.63, 3.8) is 0 Å². The van der Waals surface area contributed by atoms with E-state index in [2.05, 4.69) is 10.6 Å². The number of nitrogens with one attached hydrogen (secondary N) is 2. The molecule has 4 aromatic carbocycles. The molecule has 10 nitrogen and oxygen atoms in total. The largest absolute Gasteiger partial charge is 0.495 e. The van der Waals surface area contributed by atoms with Gasteiger partial charge in [0, 0.05) is 12.3 Å². The van der Waals surface area contributed by atoms with Crippen LogP contribution >= 0.6 is 0 Å². The van der Waals surface area contributed by atoms with E-state index in [4.69, 9.17) is 18.9 Å². The predicted molar refractivity (Wildman–Crippen MR) is 186 cm³/mol. The monoisotopic (exact) mass is 666 g/mol. The Bertz CT molecular complexity index is 1820. The summed E-state index contributed by atoms with van der Waals surface area (Å²) in [6.07, 6.45) is -0.423. The van der Waals surface area contributed by atoms with Gasteiger partial charge in [0.15, 0.2) is 11.5 Å². The van der Waals surface area contributed by atoms with Crippen molar-refractivity contribution in [1.29, 1.82) is 0 Å². The third-order valence-electron chi connectivity index (χ3n) is 8.86. The minimum absolute atomic E-state index is 0.288. The van der Waals surface area contributed by atoms with Crippen molar-refractivity contribution in [3.8, 4) is 23.0 Å². The van der Waals surface area contributed by atoms with E-state index < -0.39 is 47.4 Å². The van der Waals surface area contributed by atoms with Crippen LogP contribution in [0.2, 0.25) is 0 Å². The summed E-state index contributed by atoms with van der Waals surface area (Å²) in [5.74, 6) is -3.80. The maximum atomic E-state index is 14.3. The number of hydrogen-bond acceptors (Lipinski definition) is 8. The molecule has 0 saturated heterocycles. The van der Waals surface area contributed by atoms with Crippen LogP contribution in [0, 0.1) is 18.8 Å². The molecule has 0 radical (unpaired) electrons. The third kappa shape index (κ3) is 7.70. The van der Waals surface area contributed by atoms with Gasteiger partial charge in [0.1, 0.15) is 29.8 Å². The fraction of sp³-hybridized carbons (Fsp3) is 0.308. The number of hydrogen-bond donors (Lipinski definition) is 3. The Morgan fingerprint density at radius 1 is 0.796 bits per heavy atom. The van der Waals surface area contributed by atoms with E-state index in [9.17, 15) is 19.5 Å². The summed E-state index contributed by atoms with van der Waals surface area (Å²) in [7, 11) is 2.96. The van der Waals surface area contributed by atoms with Crippen LogP contribution in [0.25, 0.3) is 0 Å². The van der Waals surface area contributed by atoms with Gasteiger partial charge >= 0.3 is 0 Å². The molecule has 0 aromatic heterocycles. The number of aliphatic hydroxyl groups is 1. The highest BCUT2D eigenvalue weighted by molar-refractivity contribution is 6.11. The summed E-state index contributed by atoms with van der Waals surface area (Å²) < 4.78 is 23.1. The fourth-order valence-corrected chi connectivity index (χ4v) is 6.46. The van der Waals surface area contributed by atoms with E-state index in [1.54, 1.807) is 66.7 Å². The van der Waals surface area contributed by atoms with Crippen LogP contribution in [-0.2, 0) is 21.0 Å². The quantitative estimate of drug-likeness (QED) is 0.150. The highest BCUT2D eigenvalue weighted by atomic mass is 16.5. The van der Waals surface area contributed by atoms with Crippen molar-refractivity contribution in [3.05, 3.63) is 108 Å². The molecule has 0 bridgehead atoms. The number of Topliss-reactive ketones (excluding diaryl/α,β-unsaturated/α-hetero) is 1. The lowest BCUT2D eigenvalue weighted by molar-refractivity contribution is -0.150. The number of para-hydroxylation sites is 4. The van der Waals surface area contributed by atoms with E-state index in [1.807, 2.05) is 38.1 Å². The minimum Gasteiger partial charge on any atom is -0.495 e. The van der Waals surface area contributed by atoms with Crippen LogP contribution in [0.1, 0.15) is 42.9 Å². The lowest BCUT2D eigenvalue weighted by Gasteiger charge is -2.44. The van der Waals surface area contributed by atoms with Gasteiger partial charge in [-0.15, -0.1) is 0 Å². The molecule has 1 aliphatic carbocycles. The molecule has 10 heteroatoms. The standard InChI is InChI=1S/C39H42N2O8/c1-6-48-33-21-25(19-20-32(33)49-23-26-14-8-7-13-24(26)2)34-35(37(43)40-27-15-9-11-17-30(27)46-4)29(42)22-39(3,45)36(34)38(44)41-28-16-10-12-18-31(28)47-5/h7-21,34-36,45H,6,22-23H2,1-5H3,(H,40,43)(H,41,44). The molecule has 1 fully saturated rings. The summed E-state index contributed by atoms with van der Waals surface area (Å²) in [6, 6.07) is 26.7. The zero-order chi connectivity index (χ0) is 35.1. The molecule has 1 saturated carbocycles. The number of rotatable bonds is 12. The van der Waals surface area contributed by atoms with Gasteiger partial charge in [-0.1, -0.05) is 54.6 Å². The predicted octanol–water partition coefficient (Wildman–Crippen LogP) is 6.31. The number of carbonyl (C=O) groups excluding carboxylic acids is 3. The van der Waals surface area contributed by atoms with Gasteiger partial charge in [0.2, 0.25) is 11.8 Å². The van der Waals surface area contributed by atoms with Gasteiger partial charge < -0.3 is 34.7 Å². The van der Waals surface area contributed by atoms with Crippen molar-refractivity contribution in [2.45, 2.75) is 45.3 Å². The molecule has 49 heavy (non-hydrogen) atoms. The first-order valence-corrected chi connectivity index (χ1v) is 16.1. The molecule has 4 unspecified atom stereocenters. The number of carbonyl (C=O) groups is 3. The first-order valence-electron chi connectivity index (χ1n) is 16.1. The minimum atomic E-state index is -1.82. The molecule has 1 aliphatic rings. The first kappa shape index (κ1) is 35.0. The molecule has 5 rings (SSSR count). The van der Waals surface area contributed by atoms with Gasteiger partial charge in [0.25, 0.3) is 0 Å². The molecule has 2 amide bonds. The summed E-state index contributed by atoms with van der Waals surface area (Å²) in [6.45, 7) is 5.88. The number of benzene rings is 4. The average molecular weight is 667 g/mol. The topological polar surface area (TPSA) is 132 Å². The second-order valence-corrected chi connectivity index (χ2v) is 12.2. The molecule has 0 aliphatic heterocycles. The molecule has 4 atom stereocenters. The van der Waals surface area contributed by atoms with Gasteiger partial charge in [0.05, 0.1) is 43.7 Å². The third-order valence-corrected chi connectivity index (χ3v) is 8.86. The van der Waals surface area contributed by atoms with E-state index in [0.717, 1.165) is 11.1 Å². The van der Waals surface area contributed by atoms with Crippen LogP contribution in [0.5, 0.6) is 23.0 Å². The Hall–Kier alpha value is -5.35. The lowest BCUT2D eigenvalue weighted by Crippen LogP contribution is -2.56. The second-order valence-electron chi connectivity index (χ2n) is 12.2. The molecule has 0 heterocycles. The lowest BCUT2D eigenvalue weighted by atomic mass is 9.61. The maximum Gasteiger partial charge on any atom is 0.235 e. The summed E-state index contributed by atoms with van der Waals surface area (Å²) in [4.78, 5) is 42.4. The zero-order valence-corrected chi connectivity index (χ0v) is 28.3. The Morgan fingerprint density at radius 3 is 2.00 bits per heavy atom. The molecule has 256 valence electrons. The van der Waals surface area contributed by atoms with Crippen molar-refractivity contribution < 1.29 is 38.4 Å². The SMILES string of the molecule is CCOc1cc(C2C(C(=O)Nc3ccccc3OC)C(=O)CC(C)(O)C2C(=O)Nc2ccccc2OC)ccc1OCc1ccccc1C. The summed E-state index contributed by atoms with van der Waals surface area (Å²) in [5.41, 5.74) is 1.45. The van der Waals surface area contributed by atoms with Gasteiger partial charge in [-0.05, 0) is 73.9 Å². The van der Waals surface area contributed by atoms with E-state index in [0.29, 0.717) is 46.5 Å². The molecular weight excluding hydrogens is 624 g/mol. The summed E-state index contributed by atoms with van der Waals surface area (Å²) >= 11 is 0. The van der Waals surface area contributed by atoms with Crippen molar-refractivity contribution in [2.75, 3.05) is 31.5 Å². The molecule has 3 N–H and O–H groups in total. The highest BCUT2D eigenvalue weighted by Gasteiger charge is 2.56. The highest BCUT2D eigenvalue weighted by Crippen LogP contribution is 2.48. The van der Waals surface area contributed by atoms with Crippen LogP contribution in [0.4, 0.5) is 11.4 Å². The number of ether oxygens (including phenoxy) is 4. The second kappa shape index (κ2) is 15.3. The fourth-order valence-electron chi connectivity index (χ4n) is 6.46. The number of methoxy groups -OCH3 is 2. The molecular formula is C39H42N2O8. The van der Waals surface area contributed by atoms with Crippen LogP contribution in [-0.4, -0.2) is 49.1 Å². The van der Waals surface area contributed by atoms with Crippen molar-refractivity contribution in [2.24, 2.45) is 11.8 Å². The first-order chi connectivity index (χ1) is 23.6. The van der Waals surface area contributed by atoms with Gasteiger partial charge in [-0.2, -0.15) is 0 Å². The number of anilines is 2. The Labute approximate surface area is 286 Å². The van der Waals surface area contributed by atoms with Crippen LogP contribution in [0.15, 0.2) is 91.0 Å². The van der Waals surface area contributed by atoms with Gasteiger partial charge in [-0.25, -0.2) is 0 Å². The number of ketones is 1. The van der Waals surface area contributed by atoms with Crippen LogP contribution < -0.4 is 29.6 Å². The van der Waals surface area contributed by atoms with E-state index in [-0.39, 0.29) is 6.61 Å². The Morgan fingerprint density at radius 2 is 1.39 bits per heavy atom.